The first-order valence-electron chi connectivity index (χ1n) is 6.00. The fourth-order valence-corrected chi connectivity index (χ4v) is 1.51. The molecule has 0 aromatic heterocycles. The molecule has 0 fully saturated rings. The zero-order chi connectivity index (χ0) is 12.0. The van der Waals surface area contributed by atoms with E-state index in [1.807, 2.05) is 19.1 Å². The predicted octanol–water partition coefficient (Wildman–Crippen LogP) is 3.62. The van der Waals surface area contributed by atoms with Crippen molar-refractivity contribution >= 4 is 11.6 Å². The zero-order valence-corrected chi connectivity index (χ0v) is 10.4. The summed E-state index contributed by atoms with van der Waals surface area (Å²) in [5, 5.41) is 2.88. The molecular formula is C14H21NO. The van der Waals surface area contributed by atoms with Crippen molar-refractivity contribution in [2.75, 3.05) is 5.32 Å². The van der Waals surface area contributed by atoms with E-state index in [0.29, 0.717) is 12.3 Å². The molecule has 0 aliphatic carbocycles. The molecular weight excluding hydrogens is 198 g/mol. The zero-order valence-electron chi connectivity index (χ0n) is 10.4. The van der Waals surface area contributed by atoms with Gasteiger partial charge in [-0.05, 0) is 36.5 Å². The summed E-state index contributed by atoms with van der Waals surface area (Å²) in [4.78, 5) is 11.2. The monoisotopic (exact) mass is 219 g/mol. The number of amides is 1. The summed E-state index contributed by atoms with van der Waals surface area (Å²) in [6.45, 7) is 6.31. The van der Waals surface area contributed by atoms with Crippen molar-refractivity contribution in [1.29, 1.82) is 0 Å². The minimum atomic E-state index is 0.0704. The molecule has 0 radical (unpaired) electrons. The average Bonchev–Trinajstić information content (AvgIpc) is 2.26. The fraction of sp³-hybridized carbons (Fsp3) is 0.500. The molecule has 1 rings (SSSR count). The maximum atomic E-state index is 11.2. The Bertz CT molecular complexity index is 344. The van der Waals surface area contributed by atoms with Gasteiger partial charge in [-0.2, -0.15) is 0 Å². The highest BCUT2D eigenvalue weighted by Crippen LogP contribution is 2.14. The van der Waals surface area contributed by atoms with Crippen LogP contribution in [0.3, 0.4) is 0 Å². The molecule has 0 bridgehead atoms. The molecule has 2 nitrogen and oxygen atoms in total. The summed E-state index contributed by atoms with van der Waals surface area (Å²) >= 11 is 0. The van der Waals surface area contributed by atoms with E-state index < -0.39 is 0 Å². The maximum Gasteiger partial charge on any atom is 0.224 e. The van der Waals surface area contributed by atoms with E-state index in [1.54, 1.807) is 0 Å². The molecule has 0 heterocycles. The number of hydrogen-bond donors (Lipinski definition) is 1. The second-order valence-electron chi connectivity index (χ2n) is 4.53. The minimum absolute atomic E-state index is 0.0704. The van der Waals surface area contributed by atoms with Crippen LogP contribution in [-0.4, -0.2) is 5.91 Å². The Morgan fingerprint density at radius 3 is 2.75 bits per heavy atom. The molecule has 0 saturated carbocycles. The molecule has 1 aromatic carbocycles. The highest BCUT2D eigenvalue weighted by atomic mass is 16.1. The third kappa shape index (κ3) is 4.47. The number of aryl methyl sites for hydroxylation is 1. The van der Waals surface area contributed by atoms with Gasteiger partial charge in [-0.1, -0.05) is 32.9 Å². The molecule has 0 unspecified atom stereocenters. The Balaban J connectivity index is 2.60. The second-order valence-corrected chi connectivity index (χ2v) is 4.53. The normalized spacial score (nSPS) is 10.5. The predicted molar refractivity (Wildman–Crippen MR) is 68.5 cm³/mol. The van der Waals surface area contributed by atoms with Crippen molar-refractivity contribution in [1.82, 2.24) is 0 Å². The van der Waals surface area contributed by atoms with Crippen LogP contribution in [-0.2, 0) is 11.2 Å². The third-order valence-corrected chi connectivity index (χ3v) is 2.54. The van der Waals surface area contributed by atoms with Crippen LogP contribution in [0.4, 0.5) is 5.69 Å². The van der Waals surface area contributed by atoms with Gasteiger partial charge in [0.15, 0.2) is 0 Å². The van der Waals surface area contributed by atoms with Crippen molar-refractivity contribution < 1.29 is 4.79 Å². The standard InChI is InChI=1S/C14H21NO/c1-4-14(16)15-13-7-5-6-12(10-13)9-8-11(2)3/h5-7,10-11H,4,8-9H2,1-3H3,(H,15,16). The van der Waals surface area contributed by atoms with Crippen molar-refractivity contribution in [3.05, 3.63) is 29.8 Å². The van der Waals surface area contributed by atoms with E-state index in [1.165, 1.54) is 12.0 Å². The lowest BCUT2D eigenvalue weighted by molar-refractivity contribution is -0.115. The van der Waals surface area contributed by atoms with Crippen molar-refractivity contribution in [2.24, 2.45) is 5.92 Å². The molecule has 88 valence electrons. The highest BCUT2D eigenvalue weighted by Gasteiger charge is 2.01. The lowest BCUT2D eigenvalue weighted by atomic mass is 10.0. The molecule has 1 N–H and O–H groups in total. The topological polar surface area (TPSA) is 29.1 Å². The first-order chi connectivity index (χ1) is 7.61. The summed E-state index contributed by atoms with van der Waals surface area (Å²) in [6.07, 6.45) is 2.79. The van der Waals surface area contributed by atoms with E-state index in [4.69, 9.17) is 0 Å². The summed E-state index contributed by atoms with van der Waals surface area (Å²) in [7, 11) is 0. The van der Waals surface area contributed by atoms with Crippen LogP contribution in [0, 0.1) is 5.92 Å². The number of hydrogen-bond acceptors (Lipinski definition) is 1. The SMILES string of the molecule is CCC(=O)Nc1cccc(CCC(C)C)c1. The van der Waals surface area contributed by atoms with E-state index in [2.05, 4.69) is 31.3 Å². The Hall–Kier alpha value is -1.31. The first-order valence-corrected chi connectivity index (χ1v) is 6.00. The lowest BCUT2D eigenvalue weighted by Crippen LogP contribution is -2.09. The summed E-state index contributed by atoms with van der Waals surface area (Å²) in [5.74, 6) is 0.787. The van der Waals surface area contributed by atoms with E-state index in [9.17, 15) is 4.79 Å². The van der Waals surface area contributed by atoms with Gasteiger partial charge in [0.1, 0.15) is 0 Å². The van der Waals surface area contributed by atoms with Gasteiger partial charge in [-0.25, -0.2) is 0 Å². The van der Waals surface area contributed by atoms with Gasteiger partial charge in [-0.15, -0.1) is 0 Å². The number of carbonyl (C=O) groups is 1. The first kappa shape index (κ1) is 12.8. The molecule has 0 aliphatic heterocycles. The highest BCUT2D eigenvalue weighted by molar-refractivity contribution is 5.90. The van der Waals surface area contributed by atoms with Crippen LogP contribution in [0.25, 0.3) is 0 Å². The summed E-state index contributed by atoms with van der Waals surface area (Å²) in [5.41, 5.74) is 2.20. The molecule has 0 spiro atoms. The van der Waals surface area contributed by atoms with Crippen LogP contribution in [0.2, 0.25) is 0 Å². The molecule has 0 atom stereocenters. The Kier molecular flexibility index (Phi) is 5.03. The number of anilines is 1. The van der Waals surface area contributed by atoms with Crippen LogP contribution in [0.5, 0.6) is 0 Å². The van der Waals surface area contributed by atoms with Gasteiger partial charge in [0.25, 0.3) is 0 Å². The van der Waals surface area contributed by atoms with Gasteiger partial charge in [-0.3, -0.25) is 4.79 Å². The number of carbonyl (C=O) groups excluding carboxylic acids is 1. The van der Waals surface area contributed by atoms with Gasteiger partial charge in [0.05, 0.1) is 0 Å². The molecule has 2 heteroatoms. The van der Waals surface area contributed by atoms with E-state index in [-0.39, 0.29) is 5.91 Å². The molecule has 0 saturated heterocycles. The number of rotatable bonds is 5. The van der Waals surface area contributed by atoms with Crippen LogP contribution < -0.4 is 5.32 Å². The smallest absolute Gasteiger partial charge is 0.224 e. The van der Waals surface area contributed by atoms with Crippen LogP contribution >= 0.6 is 0 Å². The van der Waals surface area contributed by atoms with E-state index >= 15 is 0 Å². The minimum Gasteiger partial charge on any atom is -0.326 e. The molecule has 1 amide bonds. The van der Waals surface area contributed by atoms with Crippen molar-refractivity contribution in [2.45, 2.75) is 40.0 Å². The van der Waals surface area contributed by atoms with Crippen LogP contribution in [0.1, 0.15) is 39.2 Å². The van der Waals surface area contributed by atoms with Crippen LogP contribution in [0.15, 0.2) is 24.3 Å². The fourth-order valence-electron chi connectivity index (χ4n) is 1.51. The largest absolute Gasteiger partial charge is 0.326 e. The van der Waals surface area contributed by atoms with Gasteiger partial charge in [0.2, 0.25) is 5.91 Å². The number of nitrogens with one attached hydrogen (secondary N) is 1. The summed E-state index contributed by atoms with van der Waals surface area (Å²) < 4.78 is 0. The maximum absolute atomic E-state index is 11.2. The lowest BCUT2D eigenvalue weighted by Gasteiger charge is -2.08. The Morgan fingerprint density at radius 2 is 2.12 bits per heavy atom. The quantitative estimate of drug-likeness (QED) is 0.805. The molecule has 1 aromatic rings. The molecule has 16 heavy (non-hydrogen) atoms. The Labute approximate surface area is 98.1 Å². The molecule has 0 aliphatic rings. The van der Waals surface area contributed by atoms with Gasteiger partial charge < -0.3 is 5.32 Å². The number of benzene rings is 1. The van der Waals surface area contributed by atoms with Crippen molar-refractivity contribution in [3.8, 4) is 0 Å². The van der Waals surface area contributed by atoms with E-state index in [0.717, 1.165) is 12.1 Å². The van der Waals surface area contributed by atoms with Gasteiger partial charge >= 0.3 is 0 Å². The average molecular weight is 219 g/mol. The van der Waals surface area contributed by atoms with Crippen molar-refractivity contribution in [3.63, 3.8) is 0 Å². The second kappa shape index (κ2) is 6.31. The summed E-state index contributed by atoms with van der Waals surface area (Å²) in [6, 6.07) is 8.12. The van der Waals surface area contributed by atoms with Gasteiger partial charge in [0, 0.05) is 12.1 Å². The third-order valence-electron chi connectivity index (χ3n) is 2.54. The Morgan fingerprint density at radius 1 is 1.38 bits per heavy atom.